The minimum atomic E-state index is -0.444. The van der Waals surface area contributed by atoms with E-state index in [1.54, 1.807) is 0 Å². The molecule has 0 spiro atoms. The maximum absolute atomic E-state index is 13.1. The second-order valence-electron chi connectivity index (χ2n) is 6.69. The van der Waals surface area contributed by atoms with Crippen molar-refractivity contribution >= 4 is 35.0 Å². The Bertz CT molecular complexity index is 799. The van der Waals surface area contributed by atoms with Crippen molar-refractivity contribution in [2.75, 3.05) is 25.2 Å². The third kappa shape index (κ3) is 5.93. The molecule has 1 atom stereocenters. The molecule has 1 aromatic heterocycles. The standard InChI is InChI=1S/C19H27ClFN5OS/c1-5-7-10-26-18(16(6-2)25(3)4)23-24-19(26)28-12-17(27)22-15-9-8-13(21)11-14(15)20/h8-9,11,16H,5-7,10,12H2,1-4H3,(H,22,27). The number of carbonyl (C=O) groups is 1. The summed E-state index contributed by atoms with van der Waals surface area (Å²) in [5.74, 6) is 0.409. The largest absolute Gasteiger partial charge is 0.324 e. The molecule has 1 unspecified atom stereocenters. The summed E-state index contributed by atoms with van der Waals surface area (Å²) in [5.41, 5.74) is 0.389. The fourth-order valence-corrected chi connectivity index (χ4v) is 3.85. The SMILES string of the molecule is CCCCn1c(SCC(=O)Nc2ccc(F)cc2Cl)nnc1C(CC)N(C)C. The number of rotatable bonds is 10. The lowest BCUT2D eigenvalue weighted by atomic mass is 10.2. The first-order chi connectivity index (χ1) is 13.4. The fraction of sp³-hybridized carbons (Fsp3) is 0.526. The Morgan fingerprint density at radius 2 is 2.11 bits per heavy atom. The lowest BCUT2D eigenvalue weighted by molar-refractivity contribution is -0.113. The van der Waals surface area contributed by atoms with Gasteiger partial charge in [0.1, 0.15) is 5.82 Å². The van der Waals surface area contributed by atoms with Gasteiger partial charge >= 0.3 is 0 Å². The molecule has 0 bridgehead atoms. The van der Waals surface area contributed by atoms with Gasteiger partial charge < -0.3 is 9.88 Å². The predicted molar refractivity (Wildman–Crippen MR) is 112 cm³/mol. The molecule has 1 N–H and O–H groups in total. The van der Waals surface area contributed by atoms with Gasteiger partial charge in [0, 0.05) is 6.54 Å². The number of thioether (sulfide) groups is 1. The van der Waals surface area contributed by atoms with E-state index in [0.717, 1.165) is 36.8 Å². The molecule has 1 amide bonds. The normalized spacial score (nSPS) is 12.4. The topological polar surface area (TPSA) is 63.1 Å². The molecule has 0 saturated heterocycles. The number of benzene rings is 1. The Balaban J connectivity index is 2.09. The number of aromatic nitrogens is 3. The van der Waals surface area contributed by atoms with Crippen LogP contribution in [0.25, 0.3) is 0 Å². The molecule has 2 aromatic rings. The van der Waals surface area contributed by atoms with Gasteiger partial charge in [-0.05, 0) is 45.1 Å². The second kappa shape index (κ2) is 10.8. The molecular formula is C19H27ClFN5OS. The number of carbonyl (C=O) groups excluding carboxylic acids is 1. The van der Waals surface area contributed by atoms with Crippen molar-refractivity contribution in [3.63, 3.8) is 0 Å². The van der Waals surface area contributed by atoms with Gasteiger partial charge in [-0.3, -0.25) is 9.69 Å². The summed E-state index contributed by atoms with van der Waals surface area (Å²) in [7, 11) is 4.05. The number of nitrogens with one attached hydrogen (secondary N) is 1. The number of unbranched alkanes of at least 4 members (excludes halogenated alkanes) is 1. The number of hydrogen-bond acceptors (Lipinski definition) is 5. The minimum Gasteiger partial charge on any atom is -0.324 e. The van der Waals surface area contributed by atoms with Crippen LogP contribution in [-0.4, -0.2) is 45.4 Å². The van der Waals surface area contributed by atoms with Crippen LogP contribution in [0, 0.1) is 5.82 Å². The molecule has 0 radical (unpaired) electrons. The molecule has 9 heteroatoms. The minimum absolute atomic E-state index is 0.163. The molecule has 1 aromatic carbocycles. The van der Waals surface area contributed by atoms with Gasteiger partial charge in [-0.25, -0.2) is 4.39 Å². The van der Waals surface area contributed by atoms with Crippen LogP contribution in [-0.2, 0) is 11.3 Å². The zero-order valence-electron chi connectivity index (χ0n) is 16.7. The number of anilines is 1. The first kappa shape index (κ1) is 22.6. The van der Waals surface area contributed by atoms with Crippen LogP contribution in [0.4, 0.5) is 10.1 Å². The van der Waals surface area contributed by atoms with Crippen LogP contribution in [0.15, 0.2) is 23.4 Å². The zero-order chi connectivity index (χ0) is 20.7. The highest BCUT2D eigenvalue weighted by molar-refractivity contribution is 7.99. The van der Waals surface area contributed by atoms with E-state index in [9.17, 15) is 9.18 Å². The van der Waals surface area contributed by atoms with Gasteiger partial charge in [-0.15, -0.1) is 10.2 Å². The van der Waals surface area contributed by atoms with E-state index >= 15 is 0 Å². The van der Waals surface area contributed by atoms with Crippen LogP contribution in [0.1, 0.15) is 45.0 Å². The van der Waals surface area contributed by atoms with Gasteiger partial charge in [0.2, 0.25) is 5.91 Å². The van der Waals surface area contributed by atoms with E-state index in [1.165, 1.54) is 30.0 Å². The average molecular weight is 428 g/mol. The summed E-state index contributed by atoms with van der Waals surface area (Å²) in [4.78, 5) is 14.4. The maximum atomic E-state index is 13.1. The van der Waals surface area contributed by atoms with Gasteiger partial charge in [0.15, 0.2) is 11.0 Å². The molecule has 0 aliphatic rings. The van der Waals surface area contributed by atoms with Crippen molar-refractivity contribution in [2.45, 2.75) is 50.9 Å². The van der Waals surface area contributed by atoms with Crippen LogP contribution in [0.2, 0.25) is 5.02 Å². The molecule has 6 nitrogen and oxygen atoms in total. The van der Waals surface area contributed by atoms with Crippen molar-refractivity contribution in [3.8, 4) is 0 Å². The summed E-state index contributed by atoms with van der Waals surface area (Å²) < 4.78 is 15.2. The van der Waals surface area contributed by atoms with Gasteiger partial charge in [0.25, 0.3) is 0 Å². The van der Waals surface area contributed by atoms with Crippen molar-refractivity contribution in [2.24, 2.45) is 0 Å². The average Bonchev–Trinajstić information content (AvgIpc) is 3.03. The summed E-state index contributed by atoms with van der Waals surface area (Å²) in [6, 6.07) is 4.05. The van der Waals surface area contributed by atoms with Crippen molar-refractivity contribution in [3.05, 3.63) is 34.9 Å². The van der Waals surface area contributed by atoms with Crippen LogP contribution >= 0.6 is 23.4 Å². The van der Waals surface area contributed by atoms with Crippen molar-refractivity contribution in [1.82, 2.24) is 19.7 Å². The lowest BCUT2D eigenvalue weighted by Gasteiger charge is -2.23. The summed E-state index contributed by atoms with van der Waals surface area (Å²) in [5, 5.41) is 12.3. The van der Waals surface area contributed by atoms with Gasteiger partial charge in [-0.2, -0.15) is 0 Å². The third-order valence-electron chi connectivity index (χ3n) is 4.33. The fourth-order valence-electron chi connectivity index (χ4n) is 2.87. The number of nitrogens with zero attached hydrogens (tertiary/aromatic N) is 4. The Morgan fingerprint density at radius 1 is 1.36 bits per heavy atom. The highest BCUT2D eigenvalue weighted by Crippen LogP contribution is 2.26. The maximum Gasteiger partial charge on any atom is 0.234 e. The lowest BCUT2D eigenvalue weighted by Crippen LogP contribution is -2.23. The van der Waals surface area contributed by atoms with Gasteiger partial charge in [0.05, 0.1) is 22.5 Å². The zero-order valence-corrected chi connectivity index (χ0v) is 18.3. The number of halogens is 2. The summed E-state index contributed by atoms with van der Waals surface area (Å²) in [6.45, 7) is 5.08. The second-order valence-corrected chi connectivity index (χ2v) is 8.04. The molecule has 0 aliphatic heterocycles. The Hall–Kier alpha value is -1.64. The molecular weight excluding hydrogens is 401 g/mol. The van der Waals surface area contributed by atoms with E-state index < -0.39 is 5.82 Å². The first-order valence-electron chi connectivity index (χ1n) is 9.34. The Labute approximate surface area is 174 Å². The molecule has 0 fully saturated rings. The molecule has 2 rings (SSSR count). The Morgan fingerprint density at radius 3 is 2.71 bits per heavy atom. The van der Waals surface area contributed by atoms with E-state index in [4.69, 9.17) is 11.6 Å². The van der Waals surface area contributed by atoms with E-state index in [-0.39, 0.29) is 22.7 Å². The third-order valence-corrected chi connectivity index (χ3v) is 5.61. The first-order valence-corrected chi connectivity index (χ1v) is 10.7. The number of amides is 1. The quantitative estimate of drug-likeness (QED) is 0.561. The number of hydrogen-bond donors (Lipinski definition) is 1. The monoisotopic (exact) mass is 427 g/mol. The Kier molecular flexibility index (Phi) is 8.72. The highest BCUT2D eigenvalue weighted by Gasteiger charge is 2.22. The summed E-state index contributed by atoms with van der Waals surface area (Å²) in [6.07, 6.45) is 3.00. The molecule has 28 heavy (non-hydrogen) atoms. The van der Waals surface area contributed by atoms with E-state index in [2.05, 4.69) is 38.8 Å². The summed E-state index contributed by atoms with van der Waals surface area (Å²) >= 11 is 7.30. The molecule has 0 saturated carbocycles. The van der Waals surface area contributed by atoms with Crippen LogP contribution in [0.3, 0.4) is 0 Å². The van der Waals surface area contributed by atoms with Gasteiger partial charge in [-0.1, -0.05) is 43.6 Å². The van der Waals surface area contributed by atoms with Crippen LogP contribution < -0.4 is 5.32 Å². The van der Waals surface area contributed by atoms with E-state index in [0.29, 0.717) is 5.69 Å². The molecule has 1 heterocycles. The smallest absolute Gasteiger partial charge is 0.234 e. The van der Waals surface area contributed by atoms with Crippen molar-refractivity contribution in [1.29, 1.82) is 0 Å². The molecule has 154 valence electrons. The van der Waals surface area contributed by atoms with E-state index in [1.807, 2.05) is 14.1 Å². The molecule has 0 aliphatic carbocycles. The predicted octanol–water partition coefficient (Wildman–Crippen LogP) is 4.61. The van der Waals surface area contributed by atoms with Crippen LogP contribution in [0.5, 0.6) is 0 Å². The highest BCUT2D eigenvalue weighted by atomic mass is 35.5. The van der Waals surface area contributed by atoms with Crippen molar-refractivity contribution < 1.29 is 9.18 Å².